The molecule has 5 aromatic rings. The summed E-state index contributed by atoms with van der Waals surface area (Å²) in [5.41, 5.74) is 6.32. The van der Waals surface area contributed by atoms with Gasteiger partial charge in [-0.3, -0.25) is 0 Å². The third kappa shape index (κ3) is 3.42. The minimum Gasteiger partial charge on any atom is -0.477 e. The average molecular weight is 449 g/mol. The number of nitrogens with zero attached hydrogens (tertiary/aromatic N) is 2. The van der Waals surface area contributed by atoms with Crippen molar-refractivity contribution in [2.24, 2.45) is 0 Å². The van der Waals surface area contributed by atoms with Gasteiger partial charge >= 0.3 is 5.97 Å². The zero-order chi connectivity index (χ0) is 23.1. The van der Waals surface area contributed by atoms with E-state index in [9.17, 15) is 9.90 Å². The third-order valence-corrected chi connectivity index (χ3v) is 7.47. The molecule has 0 aliphatic rings. The van der Waals surface area contributed by atoms with Crippen molar-refractivity contribution in [3.8, 4) is 22.2 Å². The zero-order valence-electron chi connectivity index (χ0n) is 18.2. The Balaban J connectivity index is 1.61. The summed E-state index contributed by atoms with van der Waals surface area (Å²) in [7, 11) is 0. The molecule has 4 nitrogen and oxygen atoms in total. The Morgan fingerprint density at radius 2 is 1.48 bits per heavy atom. The molecule has 0 saturated carbocycles. The van der Waals surface area contributed by atoms with Crippen molar-refractivity contribution in [2.45, 2.75) is 13.8 Å². The standard InChI is InChI=1S/C28H20N2O2S/c1-17-18(2)27(33-26(17)15-20(16-29)28(31)32)19-11-13-21(14-12-19)30-24-9-5-3-7-22(24)23-8-4-6-10-25(23)30/h3-15H,1-2H3,(H,31,32)/b20-15+. The van der Waals surface area contributed by atoms with Crippen LogP contribution in [0.15, 0.2) is 78.4 Å². The fourth-order valence-electron chi connectivity index (χ4n) is 4.27. The Morgan fingerprint density at radius 1 is 0.909 bits per heavy atom. The van der Waals surface area contributed by atoms with E-state index in [0.717, 1.165) is 32.1 Å². The number of nitriles is 1. The molecule has 2 heterocycles. The number of rotatable bonds is 4. The van der Waals surface area contributed by atoms with Crippen LogP contribution in [-0.2, 0) is 4.79 Å². The first kappa shape index (κ1) is 20.7. The molecule has 0 fully saturated rings. The molecule has 0 saturated heterocycles. The smallest absolute Gasteiger partial charge is 0.346 e. The van der Waals surface area contributed by atoms with E-state index in [2.05, 4.69) is 77.4 Å². The molecular formula is C28H20N2O2S. The number of aliphatic carboxylic acids is 1. The highest BCUT2D eigenvalue weighted by Gasteiger charge is 2.16. The lowest BCUT2D eigenvalue weighted by Crippen LogP contribution is -1.97. The van der Waals surface area contributed by atoms with Crippen LogP contribution in [0.5, 0.6) is 0 Å². The van der Waals surface area contributed by atoms with Gasteiger partial charge in [-0.05, 0) is 60.9 Å². The maximum absolute atomic E-state index is 11.3. The first-order valence-corrected chi connectivity index (χ1v) is 11.4. The van der Waals surface area contributed by atoms with Crippen molar-refractivity contribution in [1.82, 2.24) is 4.57 Å². The number of fused-ring (bicyclic) bond motifs is 3. The van der Waals surface area contributed by atoms with Crippen LogP contribution in [0.1, 0.15) is 16.0 Å². The van der Waals surface area contributed by atoms with E-state index in [4.69, 9.17) is 5.26 Å². The maximum atomic E-state index is 11.3. The Kier molecular flexibility index (Phi) is 5.08. The zero-order valence-corrected chi connectivity index (χ0v) is 19.0. The molecule has 5 heteroatoms. The van der Waals surface area contributed by atoms with Crippen molar-refractivity contribution in [3.05, 3.63) is 94.4 Å². The van der Waals surface area contributed by atoms with Gasteiger partial charge in [0.1, 0.15) is 11.6 Å². The van der Waals surface area contributed by atoms with E-state index in [0.29, 0.717) is 0 Å². The molecule has 5 rings (SSSR count). The first-order valence-electron chi connectivity index (χ1n) is 10.5. The average Bonchev–Trinajstić information content (AvgIpc) is 3.32. The van der Waals surface area contributed by atoms with E-state index in [1.807, 2.05) is 13.8 Å². The second-order valence-electron chi connectivity index (χ2n) is 7.94. The van der Waals surface area contributed by atoms with Gasteiger partial charge in [-0.15, -0.1) is 11.3 Å². The molecular weight excluding hydrogens is 428 g/mol. The minimum absolute atomic E-state index is 0.257. The molecule has 0 spiro atoms. The minimum atomic E-state index is -1.21. The van der Waals surface area contributed by atoms with Crippen LogP contribution < -0.4 is 0 Å². The van der Waals surface area contributed by atoms with Crippen molar-refractivity contribution in [1.29, 1.82) is 5.26 Å². The summed E-state index contributed by atoms with van der Waals surface area (Å²) in [6, 6.07) is 27.1. The summed E-state index contributed by atoms with van der Waals surface area (Å²) in [5.74, 6) is -1.21. The number of benzene rings is 3. The molecule has 0 radical (unpaired) electrons. The molecule has 0 aliphatic carbocycles. The lowest BCUT2D eigenvalue weighted by molar-refractivity contribution is -0.132. The Bertz CT molecular complexity index is 1560. The van der Waals surface area contributed by atoms with Gasteiger partial charge in [-0.1, -0.05) is 48.5 Å². The molecule has 0 unspecified atom stereocenters. The fraction of sp³-hybridized carbons (Fsp3) is 0.0714. The third-order valence-electron chi connectivity index (χ3n) is 6.08. The van der Waals surface area contributed by atoms with Crippen LogP contribution in [-0.4, -0.2) is 15.6 Å². The Morgan fingerprint density at radius 3 is 2.03 bits per heavy atom. The summed E-state index contributed by atoms with van der Waals surface area (Å²) >= 11 is 1.51. The lowest BCUT2D eigenvalue weighted by Gasteiger charge is -2.09. The topological polar surface area (TPSA) is 66.0 Å². The van der Waals surface area contributed by atoms with E-state index >= 15 is 0 Å². The predicted molar refractivity (Wildman–Crippen MR) is 135 cm³/mol. The highest BCUT2D eigenvalue weighted by molar-refractivity contribution is 7.16. The van der Waals surface area contributed by atoms with Crippen molar-refractivity contribution >= 4 is 45.2 Å². The number of thiophene rings is 1. The van der Waals surface area contributed by atoms with Crippen LogP contribution in [0.2, 0.25) is 0 Å². The van der Waals surface area contributed by atoms with E-state index in [-0.39, 0.29) is 5.57 Å². The van der Waals surface area contributed by atoms with E-state index in [1.54, 1.807) is 6.07 Å². The van der Waals surface area contributed by atoms with Crippen LogP contribution in [0.25, 0.3) is 44.0 Å². The van der Waals surface area contributed by atoms with Gasteiger partial charge in [0.2, 0.25) is 0 Å². The molecule has 33 heavy (non-hydrogen) atoms. The van der Waals surface area contributed by atoms with Gasteiger partial charge in [0, 0.05) is 26.2 Å². The monoisotopic (exact) mass is 448 g/mol. The van der Waals surface area contributed by atoms with Gasteiger partial charge in [0.15, 0.2) is 0 Å². The van der Waals surface area contributed by atoms with E-state index < -0.39 is 5.97 Å². The molecule has 0 amide bonds. The number of carbonyl (C=O) groups is 1. The summed E-state index contributed by atoms with van der Waals surface area (Å²) < 4.78 is 2.28. The van der Waals surface area contributed by atoms with Crippen LogP contribution in [0.4, 0.5) is 0 Å². The predicted octanol–water partition coefficient (Wildman–Crippen LogP) is 7.12. The summed E-state index contributed by atoms with van der Waals surface area (Å²) in [6.45, 7) is 4.00. The van der Waals surface area contributed by atoms with Crippen molar-refractivity contribution < 1.29 is 9.90 Å². The molecule has 160 valence electrons. The van der Waals surface area contributed by atoms with Crippen LogP contribution in [0.3, 0.4) is 0 Å². The number of aromatic nitrogens is 1. The fourth-order valence-corrected chi connectivity index (χ4v) is 5.53. The first-order chi connectivity index (χ1) is 16.0. The highest BCUT2D eigenvalue weighted by atomic mass is 32.1. The molecule has 2 aromatic heterocycles. The summed E-state index contributed by atoms with van der Waals surface area (Å²) in [4.78, 5) is 13.1. The van der Waals surface area contributed by atoms with Gasteiger partial charge in [-0.25, -0.2) is 4.79 Å². The van der Waals surface area contributed by atoms with Gasteiger partial charge in [-0.2, -0.15) is 5.26 Å². The quantitative estimate of drug-likeness (QED) is 0.235. The lowest BCUT2D eigenvalue weighted by atomic mass is 10.1. The number of para-hydroxylation sites is 2. The largest absolute Gasteiger partial charge is 0.477 e. The number of hydrogen-bond donors (Lipinski definition) is 1. The number of hydrogen-bond acceptors (Lipinski definition) is 3. The maximum Gasteiger partial charge on any atom is 0.346 e. The molecule has 3 aromatic carbocycles. The summed E-state index contributed by atoms with van der Waals surface area (Å²) in [5, 5.41) is 20.8. The molecule has 0 bridgehead atoms. The van der Waals surface area contributed by atoms with Gasteiger partial charge in [0.25, 0.3) is 0 Å². The van der Waals surface area contributed by atoms with E-state index in [1.165, 1.54) is 39.2 Å². The highest BCUT2D eigenvalue weighted by Crippen LogP contribution is 2.38. The van der Waals surface area contributed by atoms with Crippen molar-refractivity contribution in [2.75, 3.05) is 0 Å². The Labute approximate surface area is 195 Å². The summed E-state index contributed by atoms with van der Waals surface area (Å²) in [6.07, 6.45) is 1.46. The SMILES string of the molecule is Cc1c(/C=C(\C#N)C(=O)O)sc(-c2ccc(-n3c4ccccc4c4ccccc43)cc2)c1C. The number of carboxylic acid groups (broad SMARTS) is 1. The number of carboxylic acids is 1. The van der Waals surface area contributed by atoms with Crippen molar-refractivity contribution in [3.63, 3.8) is 0 Å². The molecule has 1 N–H and O–H groups in total. The molecule has 0 aliphatic heterocycles. The van der Waals surface area contributed by atoms with Crippen LogP contribution >= 0.6 is 11.3 Å². The second kappa shape index (κ2) is 8.09. The normalized spacial score (nSPS) is 11.7. The van der Waals surface area contributed by atoms with Crippen LogP contribution in [0, 0.1) is 25.2 Å². The van der Waals surface area contributed by atoms with Gasteiger partial charge in [0.05, 0.1) is 11.0 Å². The molecule has 0 atom stereocenters. The second-order valence-corrected chi connectivity index (χ2v) is 8.99. The Hall–Kier alpha value is -4.14. The van der Waals surface area contributed by atoms with Gasteiger partial charge < -0.3 is 9.67 Å².